The molecule has 2 nitrogen and oxygen atoms in total. The van der Waals surface area contributed by atoms with E-state index in [1.54, 1.807) is 0 Å². The highest BCUT2D eigenvalue weighted by Gasteiger charge is 2.27. The minimum Gasteiger partial charge on any atom is -0.344 e. The van der Waals surface area contributed by atoms with Gasteiger partial charge in [0, 0.05) is 31.2 Å². The lowest BCUT2D eigenvalue weighted by Gasteiger charge is -2.45. The Bertz CT molecular complexity index is 149. The SMILES string of the molecule is BN1CC(C)N(C(C)C)CC1C. The van der Waals surface area contributed by atoms with Gasteiger partial charge in [-0.1, -0.05) is 0 Å². The molecule has 1 rings (SSSR count). The van der Waals surface area contributed by atoms with Crippen LogP contribution in [0.1, 0.15) is 27.7 Å². The standard InChI is InChI=1S/C9H21BN2/c1-7(2)11-5-9(4)12(10)6-8(11)3/h7-9H,5-6,10H2,1-4H3. The van der Waals surface area contributed by atoms with Gasteiger partial charge in [0.1, 0.15) is 0 Å². The molecular weight excluding hydrogens is 147 g/mol. The van der Waals surface area contributed by atoms with Crippen molar-refractivity contribution < 1.29 is 0 Å². The van der Waals surface area contributed by atoms with E-state index in [0.29, 0.717) is 18.1 Å². The molecule has 3 heteroatoms. The number of hydrogen-bond donors (Lipinski definition) is 0. The number of hydrogen-bond acceptors (Lipinski definition) is 2. The molecule has 0 aliphatic carbocycles. The fourth-order valence-electron chi connectivity index (χ4n) is 2.05. The van der Waals surface area contributed by atoms with Crippen molar-refractivity contribution in [1.82, 2.24) is 9.71 Å². The summed E-state index contributed by atoms with van der Waals surface area (Å²) in [5, 5.41) is 0. The first kappa shape index (κ1) is 10.1. The monoisotopic (exact) mass is 168 g/mol. The van der Waals surface area contributed by atoms with Crippen LogP contribution in [0.25, 0.3) is 0 Å². The first-order valence-corrected chi connectivity index (χ1v) is 4.98. The zero-order valence-electron chi connectivity index (χ0n) is 9.04. The molecule has 0 N–H and O–H groups in total. The fraction of sp³-hybridized carbons (Fsp3) is 1.00. The summed E-state index contributed by atoms with van der Waals surface area (Å²) in [6.45, 7) is 11.6. The molecule has 0 spiro atoms. The van der Waals surface area contributed by atoms with Crippen LogP contribution >= 0.6 is 0 Å². The third-order valence-electron chi connectivity index (χ3n) is 3.01. The Morgan fingerprint density at radius 2 is 1.75 bits per heavy atom. The van der Waals surface area contributed by atoms with E-state index in [0.717, 1.165) is 0 Å². The Labute approximate surface area is 77.3 Å². The maximum absolute atomic E-state index is 2.59. The molecule has 0 aromatic rings. The molecule has 0 saturated carbocycles. The highest BCUT2D eigenvalue weighted by atomic mass is 15.3. The molecule has 12 heavy (non-hydrogen) atoms. The topological polar surface area (TPSA) is 6.48 Å². The highest BCUT2D eigenvalue weighted by molar-refractivity contribution is 6.04. The van der Waals surface area contributed by atoms with Gasteiger partial charge in [0.2, 0.25) is 0 Å². The van der Waals surface area contributed by atoms with Crippen molar-refractivity contribution in [1.29, 1.82) is 0 Å². The zero-order chi connectivity index (χ0) is 9.30. The quantitative estimate of drug-likeness (QED) is 0.521. The van der Waals surface area contributed by atoms with Crippen molar-refractivity contribution in [3.63, 3.8) is 0 Å². The first-order chi connectivity index (χ1) is 5.52. The van der Waals surface area contributed by atoms with Crippen molar-refractivity contribution in [2.45, 2.75) is 45.8 Å². The van der Waals surface area contributed by atoms with Crippen LogP contribution in [0.3, 0.4) is 0 Å². The summed E-state index contributed by atoms with van der Waals surface area (Å²) in [4.78, 5) is 5.04. The number of piperazine rings is 1. The molecule has 0 aromatic carbocycles. The second-order valence-corrected chi connectivity index (χ2v) is 4.43. The molecule has 70 valence electrons. The van der Waals surface area contributed by atoms with E-state index in [1.807, 2.05) is 0 Å². The van der Waals surface area contributed by atoms with Crippen LogP contribution in [0, 0.1) is 0 Å². The summed E-state index contributed by atoms with van der Waals surface area (Å²) < 4.78 is 0. The Hall–Kier alpha value is -0.0151. The van der Waals surface area contributed by atoms with E-state index in [9.17, 15) is 0 Å². The van der Waals surface area contributed by atoms with E-state index in [1.165, 1.54) is 13.1 Å². The highest BCUT2D eigenvalue weighted by Crippen LogP contribution is 2.15. The van der Waals surface area contributed by atoms with Gasteiger partial charge < -0.3 is 4.81 Å². The molecule has 0 aromatic heterocycles. The molecule has 1 heterocycles. The molecule has 2 unspecified atom stereocenters. The van der Waals surface area contributed by atoms with Crippen molar-refractivity contribution in [3.8, 4) is 0 Å². The smallest absolute Gasteiger partial charge is 0.185 e. The second-order valence-electron chi connectivity index (χ2n) is 4.43. The van der Waals surface area contributed by atoms with Crippen LogP contribution in [0.2, 0.25) is 0 Å². The molecule has 0 bridgehead atoms. The molecular formula is C9H21BN2. The van der Waals surface area contributed by atoms with Crippen molar-refractivity contribution in [2.75, 3.05) is 13.1 Å². The Balaban J connectivity index is 2.55. The summed E-state index contributed by atoms with van der Waals surface area (Å²) in [7, 11) is 2.22. The fourth-order valence-corrected chi connectivity index (χ4v) is 2.05. The van der Waals surface area contributed by atoms with Gasteiger partial charge in [-0.3, -0.25) is 4.90 Å². The predicted molar refractivity (Wildman–Crippen MR) is 56.0 cm³/mol. The molecule has 1 fully saturated rings. The van der Waals surface area contributed by atoms with Crippen molar-refractivity contribution in [3.05, 3.63) is 0 Å². The predicted octanol–water partition coefficient (Wildman–Crippen LogP) is 0.337. The maximum Gasteiger partial charge on any atom is 0.185 e. The van der Waals surface area contributed by atoms with E-state index in [-0.39, 0.29) is 0 Å². The maximum atomic E-state index is 2.59. The molecule has 1 aliphatic rings. The van der Waals surface area contributed by atoms with Gasteiger partial charge in [0.25, 0.3) is 0 Å². The van der Waals surface area contributed by atoms with Crippen LogP contribution in [0.15, 0.2) is 0 Å². The lowest BCUT2D eigenvalue weighted by atomic mass is 10.0. The van der Waals surface area contributed by atoms with Crippen LogP contribution in [0.5, 0.6) is 0 Å². The van der Waals surface area contributed by atoms with Crippen molar-refractivity contribution >= 4 is 7.98 Å². The van der Waals surface area contributed by atoms with Crippen LogP contribution < -0.4 is 0 Å². The van der Waals surface area contributed by atoms with Gasteiger partial charge in [-0.25, -0.2) is 0 Å². The third-order valence-corrected chi connectivity index (χ3v) is 3.01. The normalized spacial score (nSPS) is 34.4. The Morgan fingerprint density at radius 3 is 2.25 bits per heavy atom. The van der Waals surface area contributed by atoms with E-state index >= 15 is 0 Å². The summed E-state index contributed by atoms with van der Waals surface area (Å²) in [5.74, 6) is 0. The van der Waals surface area contributed by atoms with Crippen LogP contribution in [-0.4, -0.2) is 48.9 Å². The van der Waals surface area contributed by atoms with E-state index in [2.05, 4.69) is 45.4 Å². The average Bonchev–Trinajstić information content (AvgIpc) is 1.96. The van der Waals surface area contributed by atoms with Gasteiger partial charge in [-0.05, 0) is 27.7 Å². The lowest BCUT2D eigenvalue weighted by Crippen LogP contribution is -2.57. The van der Waals surface area contributed by atoms with E-state index in [4.69, 9.17) is 0 Å². The summed E-state index contributed by atoms with van der Waals surface area (Å²) in [5.41, 5.74) is 0. The van der Waals surface area contributed by atoms with Gasteiger partial charge in [0.15, 0.2) is 7.98 Å². The minimum atomic E-state index is 0.691. The Morgan fingerprint density at radius 1 is 1.17 bits per heavy atom. The first-order valence-electron chi connectivity index (χ1n) is 4.98. The molecule has 1 saturated heterocycles. The van der Waals surface area contributed by atoms with Gasteiger partial charge in [-0.15, -0.1) is 0 Å². The summed E-state index contributed by atoms with van der Waals surface area (Å²) >= 11 is 0. The third kappa shape index (κ3) is 2.02. The van der Waals surface area contributed by atoms with Crippen LogP contribution in [-0.2, 0) is 0 Å². The summed E-state index contributed by atoms with van der Waals surface area (Å²) in [6.07, 6.45) is 0. The molecule has 0 amide bonds. The number of rotatable bonds is 1. The second kappa shape index (κ2) is 3.80. The molecule has 2 atom stereocenters. The van der Waals surface area contributed by atoms with E-state index < -0.39 is 0 Å². The van der Waals surface area contributed by atoms with Crippen LogP contribution in [0.4, 0.5) is 0 Å². The van der Waals surface area contributed by atoms with Crippen molar-refractivity contribution in [2.24, 2.45) is 0 Å². The summed E-state index contributed by atoms with van der Waals surface area (Å²) in [6, 6.07) is 2.12. The molecule has 0 radical (unpaired) electrons. The number of nitrogens with zero attached hydrogens (tertiary/aromatic N) is 2. The molecule has 1 aliphatic heterocycles. The van der Waals surface area contributed by atoms with Gasteiger partial charge >= 0.3 is 0 Å². The minimum absolute atomic E-state index is 0.691. The van der Waals surface area contributed by atoms with Gasteiger partial charge in [0.05, 0.1) is 0 Å². The lowest BCUT2D eigenvalue weighted by molar-refractivity contribution is 0.0678. The zero-order valence-corrected chi connectivity index (χ0v) is 9.04. The van der Waals surface area contributed by atoms with Gasteiger partial charge in [-0.2, -0.15) is 0 Å². The largest absolute Gasteiger partial charge is 0.344 e. The Kier molecular flexibility index (Phi) is 3.19. The average molecular weight is 168 g/mol.